The Balaban J connectivity index is 2.70. The second-order valence-corrected chi connectivity index (χ2v) is 7.33. The number of hydrogen-bond acceptors (Lipinski definition) is 6. The molecule has 10 heteroatoms. The average Bonchev–Trinajstić information content (AvgIpc) is 2.42. The van der Waals surface area contributed by atoms with E-state index in [0.717, 1.165) is 17.9 Å². The highest BCUT2D eigenvalue weighted by molar-refractivity contribution is 7.99. The fraction of sp³-hybridized carbons (Fsp3) is 0.455. The van der Waals surface area contributed by atoms with E-state index in [-0.39, 0.29) is 28.8 Å². The zero-order valence-corrected chi connectivity index (χ0v) is 13.4. The first-order chi connectivity index (χ1) is 9.88. The Bertz CT molecular complexity index is 594. The van der Waals surface area contributed by atoms with Crippen LogP contribution in [0, 0.1) is 10.1 Å². The van der Waals surface area contributed by atoms with E-state index in [1.807, 2.05) is 0 Å². The van der Waals surface area contributed by atoms with E-state index in [1.54, 1.807) is 0 Å². The fourth-order valence-electron chi connectivity index (χ4n) is 1.41. The van der Waals surface area contributed by atoms with Crippen LogP contribution in [0.2, 0.25) is 5.02 Å². The average molecular weight is 355 g/mol. The van der Waals surface area contributed by atoms with Crippen molar-refractivity contribution < 1.29 is 18.4 Å². The van der Waals surface area contributed by atoms with Gasteiger partial charge >= 0.3 is 0 Å². The Morgan fingerprint density at radius 3 is 2.71 bits per heavy atom. The normalized spacial score (nSPS) is 11.5. The van der Waals surface area contributed by atoms with Crippen LogP contribution in [0.1, 0.15) is 6.42 Å². The second kappa shape index (κ2) is 8.54. The standard InChI is InChI=1S/C11H15ClN2O5S2/c12-10-3-2-9(14(16)17)8-11(10)21(18,19)13-4-7-20-6-1-5-15/h2-3,8,13,15H,1,4-7H2. The molecule has 0 aliphatic heterocycles. The zero-order valence-electron chi connectivity index (χ0n) is 11.0. The predicted molar refractivity (Wildman–Crippen MR) is 82.3 cm³/mol. The molecule has 0 atom stereocenters. The molecule has 0 aliphatic carbocycles. The summed E-state index contributed by atoms with van der Waals surface area (Å²) in [5.41, 5.74) is -0.336. The Hall–Kier alpha value is -0.870. The minimum atomic E-state index is -3.89. The van der Waals surface area contributed by atoms with Crippen molar-refractivity contribution in [1.82, 2.24) is 4.72 Å². The molecule has 0 heterocycles. The number of halogens is 1. The van der Waals surface area contributed by atoms with Crippen molar-refractivity contribution in [2.24, 2.45) is 0 Å². The molecular formula is C11H15ClN2O5S2. The number of aliphatic hydroxyl groups is 1. The van der Waals surface area contributed by atoms with E-state index >= 15 is 0 Å². The van der Waals surface area contributed by atoms with Gasteiger partial charge in [0.1, 0.15) is 4.90 Å². The van der Waals surface area contributed by atoms with Crippen molar-refractivity contribution in [2.45, 2.75) is 11.3 Å². The molecule has 0 radical (unpaired) electrons. The number of nitro benzene ring substituents is 1. The van der Waals surface area contributed by atoms with Crippen LogP contribution in [0.25, 0.3) is 0 Å². The first kappa shape index (κ1) is 18.2. The summed E-state index contributed by atoms with van der Waals surface area (Å²) in [5, 5.41) is 19.2. The van der Waals surface area contributed by atoms with Gasteiger partial charge in [0.05, 0.1) is 9.95 Å². The maximum Gasteiger partial charge on any atom is 0.270 e. The van der Waals surface area contributed by atoms with E-state index < -0.39 is 14.9 Å². The lowest BCUT2D eigenvalue weighted by Crippen LogP contribution is -2.26. The van der Waals surface area contributed by atoms with Crippen molar-refractivity contribution >= 4 is 39.1 Å². The lowest BCUT2D eigenvalue weighted by Gasteiger charge is -2.08. The summed E-state index contributed by atoms with van der Waals surface area (Å²) in [5.74, 6) is 1.27. The van der Waals surface area contributed by atoms with Crippen LogP contribution in [0.4, 0.5) is 5.69 Å². The molecule has 0 aliphatic rings. The summed E-state index contributed by atoms with van der Waals surface area (Å²) >= 11 is 7.29. The Morgan fingerprint density at radius 2 is 2.10 bits per heavy atom. The zero-order chi connectivity index (χ0) is 15.9. The number of non-ortho nitro benzene ring substituents is 1. The Kier molecular flexibility index (Phi) is 7.40. The minimum absolute atomic E-state index is 0.0685. The summed E-state index contributed by atoms with van der Waals surface area (Å²) in [6.07, 6.45) is 0.647. The van der Waals surface area contributed by atoms with Crippen molar-refractivity contribution in [2.75, 3.05) is 24.7 Å². The van der Waals surface area contributed by atoms with E-state index in [1.165, 1.54) is 17.8 Å². The SMILES string of the molecule is O=[N+]([O-])c1ccc(Cl)c(S(=O)(=O)NCCSCCCO)c1. The Morgan fingerprint density at radius 1 is 1.38 bits per heavy atom. The van der Waals surface area contributed by atoms with Gasteiger partial charge < -0.3 is 5.11 Å². The molecule has 118 valence electrons. The molecule has 0 saturated heterocycles. The first-order valence-electron chi connectivity index (χ1n) is 6.00. The highest BCUT2D eigenvalue weighted by Gasteiger charge is 2.21. The third-order valence-corrected chi connectivity index (χ3v) is 5.41. The third kappa shape index (κ3) is 5.79. The van der Waals surface area contributed by atoms with Gasteiger partial charge in [0, 0.05) is 31.0 Å². The maximum atomic E-state index is 12.0. The molecule has 1 aromatic rings. The van der Waals surface area contributed by atoms with E-state index in [2.05, 4.69) is 4.72 Å². The molecule has 0 saturated carbocycles. The van der Waals surface area contributed by atoms with Crippen molar-refractivity contribution in [3.05, 3.63) is 33.3 Å². The van der Waals surface area contributed by atoms with Crippen LogP contribution in [-0.2, 0) is 10.0 Å². The number of thioether (sulfide) groups is 1. The van der Waals surface area contributed by atoms with E-state index in [9.17, 15) is 18.5 Å². The van der Waals surface area contributed by atoms with Crippen LogP contribution >= 0.6 is 23.4 Å². The number of rotatable bonds is 9. The van der Waals surface area contributed by atoms with Gasteiger partial charge in [0.2, 0.25) is 10.0 Å². The number of nitrogens with one attached hydrogen (secondary N) is 1. The van der Waals surface area contributed by atoms with E-state index in [4.69, 9.17) is 16.7 Å². The third-order valence-electron chi connectivity index (χ3n) is 2.40. The second-order valence-electron chi connectivity index (χ2n) is 3.96. The number of hydrogen-bond donors (Lipinski definition) is 2. The molecule has 0 bridgehead atoms. The van der Waals surface area contributed by atoms with Crippen LogP contribution < -0.4 is 4.72 Å². The number of sulfonamides is 1. The van der Waals surface area contributed by atoms with E-state index in [0.29, 0.717) is 12.2 Å². The number of nitrogens with zero attached hydrogens (tertiary/aromatic N) is 1. The maximum absolute atomic E-state index is 12.0. The summed E-state index contributed by atoms with van der Waals surface area (Å²) in [6.45, 7) is 0.277. The quantitative estimate of drug-likeness (QED) is 0.396. The van der Waals surface area contributed by atoms with Crippen molar-refractivity contribution in [1.29, 1.82) is 0 Å². The van der Waals surface area contributed by atoms with Crippen molar-refractivity contribution in [3.63, 3.8) is 0 Å². The summed E-state index contributed by atoms with van der Waals surface area (Å²) in [6, 6.07) is 3.26. The number of benzene rings is 1. The molecule has 1 aromatic carbocycles. The van der Waals surface area contributed by atoms with Gasteiger partial charge in [-0.1, -0.05) is 11.6 Å². The van der Waals surface area contributed by atoms with Gasteiger partial charge in [-0.25, -0.2) is 13.1 Å². The van der Waals surface area contributed by atoms with Crippen LogP contribution in [0.3, 0.4) is 0 Å². The first-order valence-corrected chi connectivity index (χ1v) is 9.02. The van der Waals surface area contributed by atoms with Gasteiger partial charge in [0.15, 0.2) is 0 Å². The topological polar surface area (TPSA) is 110 Å². The van der Waals surface area contributed by atoms with Crippen LogP contribution in [0.15, 0.2) is 23.1 Å². The molecule has 0 fully saturated rings. The smallest absolute Gasteiger partial charge is 0.270 e. The van der Waals surface area contributed by atoms with Gasteiger partial charge in [-0.05, 0) is 18.2 Å². The highest BCUT2D eigenvalue weighted by atomic mass is 35.5. The van der Waals surface area contributed by atoms with Gasteiger partial charge in [-0.2, -0.15) is 11.8 Å². The van der Waals surface area contributed by atoms with Gasteiger partial charge in [0.25, 0.3) is 5.69 Å². The fourth-order valence-corrected chi connectivity index (χ4v) is 3.87. The highest BCUT2D eigenvalue weighted by Crippen LogP contribution is 2.25. The monoisotopic (exact) mass is 354 g/mol. The number of aliphatic hydroxyl groups excluding tert-OH is 1. The largest absolute Gasteiger partial charge is 0.396 e. The summed E-state index contributed by atoms with van der Waals surface area (Å²) in [4.78, 5) is 9.69. The molecule has 0 spiro atoms. The molecule has 2 N–H and O–H groups in total. The minimum Gasteiger partial charge on any atom is -0.396 e. The Labute approximate surface area is 131 Å². The molecule has 21 heavy (non-hydrogen) atoms. The molecule has 1 rings (SSSR count). The van der Waals surface area contributed by atoms with Crippen molar-refractivity contribution in [3.8, 4) is 0 Å². The van der Waals surface area contributed by atoms with Gasteiger partial charge in [-0.3, -0.25) is 10.1 Å². The predicted octanol–water partition coefficient (Wildman–Crippen LogP) is 1.64. The number of nitro groups is 1. The van der Waals surface area contributed by atoms with Crippen LogP contribution in [0.5, 0.6) is 0 Å². The molecule has 0 aromatic heterocycles. The molecule has 7 nitrogen and oxygen atoms in total. The lowest BCUT2D eigenvalue weighted by atomic mass is 10.3. The molecule has 0 unspecified atom stereocenters. The molecular weight excluding hydrogens is 340 g/mol. The summed E-state index contributed by atoms with van der Waals surface area (Å²) < 4.78 is 26.4. The summed E-state index contributed by atoms with van der Waals surface area (Å²) in [7, 11) is -3.89. The lowest BCUT2D eigenvalue weighted by molar-refractivity contribution is -0.385. The molecule has 0 amide bonds. The van der Waals surface area contributed by atoms with Gasteiger partial charge in [-0.15, -0.1) is 0 Å². The van der Waals surface area contributed by atoms with Crippen LogP contribution in [-0.4, -0.2) is 43.1 Å².